The number of halogens is 1. The van der Waals surface area contributed by atoms with Crippen LogP contribution in [0.2, 0.25) is 5.02 Å². The molecule has 0 aliphatic carbocycles. The van der Waals surface area contributed by atoms with E-state index in [0.717, 1.165) is 16.8 Å². The molecular formula is C16H14ClN5O3. The molecule has 0 unspecified atom stereocenters. The maximum atomic E-state index is 10.8. The van der Waals surface area contributed by atoms with Gasteiger partial charge >= 0.3 is 0 Å². The third-order valence-electron chi connectivity index (χ3n) is 3.67. The maximum absolute atomic E-state index is 10.8. The van der Waals surface area contributed by atoms with Gasteiger partial charge in [0.25, 0.3) is 5.69 Å². The highest BCUT2D eigenvalue weighted by Crippen LogP contribution is 2.29. The lowest BCUT2D eigenvalue weighted by molar-refractivity contribution is -0.384. The Morgan fingerprint density at radius 2 is 1.96 bits per heavy atom. The van der Waals surface area contributed by atoms with Gasteiger partial charge in [0.1, 0.15) is 12.4 Å². The molecule has 8 nitrogen and oxygen atoms in total. The van der Waals surface area contributed by atoms with Crippen LogP contribution in [-0.4, -0.2) is 25.1 Å². The largest absolute Gasteiger partial charge is 0.484 e. The molecule has 0 fully saturated rings. The molecule has 3 rings (SSSR count). The second kappa shape index (κ2) is 6.86. The number of tetrazole rings is 1. The Morgan fingerprint density at radius 3 is 2.60 bits per heavy atom. The van der Waals surface area contributed by atoms with Gasteiger partial charge in [0.15, 0.2) is 5.82 Å². The molecule has 1 heterocycles. The van der Waals surface area contributed by atoms with Crippen molar-refractivity contribution < 1.29 is 9.66 Å². The fourth-order valence-electron chi connectivity index (χ4n) is 2.47. The Balaban J connectivity index is 1.84. The number of nitro groups is 1. The van der Waals surface area contributed by atoms with Crippen LogP contribution in [0.25, 0.3) is 5.69 Å². The summed E-state index contributed by atoms with van der Waals surface area (Å²) in [6.07, 6.45) is 0. The minimum atomic E-state index is -0.517. The van der Waals surface area contributed by atoms with E-state index in [4.69, 9.17) is 16.3 Å². The van der Waals surface area contributed by atoms with E-state index in [2.05, 4.69) is 15.5 Å². The van der Waals surface area contributed by atoms with E-state index in [-0.39, 0.29) is 17.3 Å². The first-order valence-corrected chi connectivity index (χ1v) is 7.75. The van der Waals surface area contributed by atoms with E-state index in [0.29, 0.717) is 11.6 Å². The third-order valence-corrected chi connectivity index (χ3v) is 3.96. The van der Waals surface area contributed by atoms with Gasteiger partial charge in [0.05, 0.1) is 15.6 Å². The summed E-state index contributed by atoms with van der Waals surface area (Å²) in [7, 11) is 0. The minimum Gasteiger partial charge on any atom is -0.484 e. The first-order valence-electron chi connectivity index (χ1n) is 7.38. The lowest BCUT2D eigenvalue weighted by Crippen LogP contribution is -2.09. The number of aryl methyl sites for hydroxylation is 2. The third kappa shape index (κ3) is 3.43. The van der Waals surface area contributed by atoms with Crippen molar-refractivity contribution in [3.05, 3.63) is 68.5 Å². The first-order chi connectivity index (χ1) is 12.0. The molecule has 0 spiro atoms. The van der Waals surface area contributed by atoms with Gasteiger partial charge in [-0.3, -0.25) is 10.1 Å². The molecule has 0 aliphatic heterocycles. The summed E-state index contributed by atoms with van der Waals surface area (Å²) in [5, 5.41) is 22.6. The number of benzene rings is 2. The number of nitrogens with zero attached hydrogens (tertiary/aromatic N) is 5. The number of para-hydroxylation sites is 1. The van der Waals surface area contributed by atoms with Crippen molar-refractivity contribution in [1.82, 2.24) is 20.2 Å². The first kappa shape index (κ1) is 16.8. The van der Waals surface area contributed by atoms with E-state index >= 15 is 0 Å². The van der Waals surface area contributed by atoms with Crippen LogP contribution in [0.5, 0.6) is 5.75 Å². The molecule has 0 saturated carbocycles. The van der Waals surface area contributed by atoms with E-state index in [1.807, 2.05) is 32.0 Å². The zero-order valence-electron chi connectivity index (χ0n) is 13.5. The molecule has 0 N–H and O–H groups in total. The second-order valence-corrected chi connectivity index (χ2v) is 5.82. The highest BCUT2D eigenvalue weighted by molar-refractivity contribution is 6.32. The predicted molar refractivity (Wildman–Crippen MR) is 91.1 cm³/mol. The van der Waals surface area contributed by atoms with Crippen LogP contribution in [0.1, 0.15) is 17.0 Å². The predicted octanol–water partition coefficient (Wildman–Crippen LogP) is 3.42. The van der Waals surface area contributed by atoms with Gasteiger partial charge < -0.3 is 4.74 Å². The van der Waals surface area contributed by atoms with Crippen LogP contribution in [0.15, 0.2) is 36.4 Å². The molecule has 25 heavy (non-hydrogen) atoms. The summed E-state index contributed by atoms with van der Waals surface area (Å²) in [5.74, 6) is 0.815. The van der Waals surface area contributed by atoms with Crippen LogP contribution in [0.3, 0.4) is 0 Å². The van der Waals surface area contributed by atoms with Gasteiger partial charge in [-0.2, -0.15) is 4.68 Å². The maximum Gasteiger partial charge on any atom is 0.271 e. The topological polar surface area (TPSA) is 96.0 Å². The monoisotopic (exact) mass is 359 g/mol. The van der Waals surface area contributed by atoms with Crippen molar-refractivity contribution in [3.63, 3.8) is 0 Å². The smallest absolute Gasteiger partial charge is 0.271 e. The fourth-order valence-corrected chi connectivity index (χ4v) is 2.70. The highest BCUT2D eigenvalue weighted by atomic mass is 35.5. The minimum absolute atomic E-state index is 0.0678. The molecule has 0 radical (unpaired) electrons. The van der Waals surface area contributed by atoms with Crippen molar-refractivity contribution in [2.24, 2.45) is 0 Å². The number of hydrogen-bond donors (Lipinski definition) is 0. The molecule has 0 aliphatic rings. The van der Waals surface area contributed by atoms with Crippen molar-refractivity contribution >= 4 is 17.3 Å². The normalized spacial score (nSPS) is 10.7. The van der Waals surface area contributed by atoms with Crippen LogP contribution in [-0.2, 0) is 6.61 Å². The average Bonchev–Trinajstić information content (AvgIpc) is 3.01. The van der Waals surface area contributed by atoms with Gasteiger partial charge in [-0.25, -0.2) is 0 Å². The quantitative estimate of drug-likeness (QED) is 0.511. The number of ether oxygens (including phenoxy) is 1. The van der Waals surface area contributed by atoms with Gasteiger partial charge in [-0.15, -0.1) is 5.10 Å². The Morgan fingerprint density at radius 1 is 1.24 bits per heavy atom. The average molecular weight is 360 g/mol. The molecule has 128 valence electrons. The lowest BCUT2D eigenvalue weighted by Gasteiger charge is -2.12. The standard InChI is InChI=1S/C16H14ClN5O3/c1-10-4-3-5-11(2)16(10)21-15(18-19-20-21)9-25-14-7-6-12(22(23)24)8-13(14)17/h3-8H,9H2,1-2H3. The zero-order chi connectivity index (χ0) is 18.0. The molecule has 3 aromatic rings. The highest BCUT2D eigenvalue weighted by Gasteiger charge is 2.15. The number of rotatable bonds is 5. The van der Waals surface area contributed by atoms with Gasteiger partial charge in [-0.05, 0) is 41.5 Å². The number of non-ortho nitro benzene ring substituents is 1. The summed E-state index contributed by atoms with van der Waals surface area (Å²) >= 11 is 6.03. The van der Waals surface area contributed by atoms with Crippen LogP contribution < -0.4 is 4.74 Å². The zero-order valence-corrected chi connectivity index (χ0v) is 14.3. The van der Waals surface area contributed by atoms with Gasteiger partial charge in [0, 0.05) is 12.1 Å². The Bertz CT molecular complexity index is 921. The van der Waals surface area contributed by atoms with Crippen LogP contribution in [0.4, 0.5) is 5.69 Å². The molecule has 2 aromatic carbocycles. The van der Waals surface area contributed by atoms with E-state index in [9.17, 15) is 10.1 Å². The molecule has 0 atom stereocenters. The Hall–Kier alpha value is -3.00. The van der Waals surface area contributed by atoms with Crippen LogP contribution in [0, 0.1) is 24.0 Å². The number of hydrogen-bond acceptors (Lipinski definition) is 6. The molecule has 0 saturated heterocycles. The summed E-state index contributed by atoms with van der Waals surface area (Å²) in [5.41, 5.74) is 2.85. The van der Waals surface area contributed by atoms with Gasteiger partial charge in [0.2, 0.25) is 0 Å². The molecule has 0 amide bonds. The van der Waals surface area contributed by atoms with Crippen molar-refractivity contribution in [1.29, 1.82) is 0 Å². The molecule has 0 bridgehead atoms. The second-order valence-electron chi connectivity index (χ2n) is 5.41. The Kier molecular flexibility index (Phi) is 4.62. The molecular weight excluding hydrogens is 346 g/mol. The lowest BCUT2D eigenvalue weighted by atomic mass is 10.1. The molecule has 1 aromatic heterocycles. The Labute approximate surface area is 148 Å². The molecule has 9 heteroatoms. The van der Waals surface area contributed by atoms with Crippen molar-refractivity contribution in [3.8, 4) is 11.4 Å². The van der Waals surface area contributed by atoms with E-state index < -0.39 is 4.92 Å². The summed E-state index contributed by atoms with van der Waals surface area (Å²) in [6.45, 7) is 4.02. The van der Waals surface area contributed by atoms with E-state index in [1.165, 1.54) is 18.2 Å². The summed E-state index contributed by atoms with van der Waals surface area (Å²) < 4.78 is 7.25. The van der Waals surface area contributed by atoms with Crippen molar-refractivity contribution in [2.45, 2.75) is 20.5 Å². The summed E-state index contributed by atoms with van der Waals surface area (Å²) in [4.78, 5) is 10.2. The SMILES string of the molecule is Cc1cccc(C)c1-n1nnnc1COc1ccc([N+](=O)[O-])cc1Cl. The number of nitro benzene ring substituents is 1. The number of aromatic nitrogens is 4. The van der Waals surface area contributed by atoms with E-state index in [1.54, 1.807) is 4.68 Å². The van der Waals surface area contributed by atoms with Crippen molar-refractivity contribution in [2.75, 3.05) is 0 Å². The fraction of sp³-hybridized carbons (Fsp3) is 0.188. The van der Waals surface area contributed by atoms with Crippen LogP contribution >= 0.6 is 11.6 Å². The van der Waals surface area contributed by atoms with Gasteiger partial charge in [-0.1, -0.05) is 29.8 Å². The summed E-state index contributed by atoms with van der Waals surface area (Å²) in [6, 6.07) is 9.93.